The molecule has 0 unspecified atom stereocenters. The fourth-order valence-electron chi connectivity index (χ4n) is 2.70. The first kappa shape index (κ1) is 16.7. The Morgan fingerprint density at radius 2 is 1.96 bits per heavy atom. The standard InChI is InChI=1S/C19H17FN2O3/c1-11(12-7-8-17(25-2)15(20)9-12)21-19(24)14-10-18(23)22-16-6-4-3-5-13(14)16/h3-11H,1-2H3,(H,21,24)(H,22,23)/t11-/m0/s1. The molecule has 0 aliphatic rings. The number of pyridine rings is 1. The molecule has 0 fully saturated rings. The number of amides is 1. The maximum atomic E-state index is 13.8. The largest absolute Gasteiger partial charge is 0.494 e. The second-order valence-corrected chi connectivity index (χ2v) is 5.68. The Kier molecular flexibility index (Phi) is 4.52. The van der Waals surface area contributed by atoms with Gasteiger partial charge in [0.05, 0.1) is 18.7 Å². The predicted molar refractivity (Wildman–Crippen MR) is 93.4 cm³/mol. The summed E-state index contributed by atoms with van der Waals surface area (Å²) in [6.07, 6.45) is 0. The van der Waals surface area contributed by atoms with Gasteiger partial charge in [-0.15, -0.1) is 0 Å². The van der Waals surface area contributed by atoms with Gasteiger partial charge in [0.1, 0.15) is 0 Å². The second-order valence-electron chi connectivity index (χ2n) is 5.68. The zero-order valence-electron chi connectivity index (χ0n) is 13.8. The predicted octanol–water partition coefficient (Wildman–Crippen LogP) is 3.17. The van der Waals surface area contributed by atoms with Gasteiger partial charge < -0.3 is 15.0 Å². The average Bonchev–Trinajstić information content (AvgIpc) is 2.60. The number of hydrogen-bond acceptors (Lipinski definition) is 3. The second kappa shape index (κ2) is 6.76. The van der Waals surface area contributed by atoms with Crippen LogP contribution >= 0.6 is 0 Å². The Labute approximate surface area is 143 Å². The Hall–Kier alpha value is -3.15. The first-order valence-corrected chi connectivity index (χ1v) is 7.76. The van der Waals surface area contributed by atoms with Gasteiger partial charge in [-0.05, 0) is 30.7 Å². The van der Waals surface area contributed by atoms with Crippen molar-refractivity contribution in [3.8, 4) is 5.75 Å². The molecular weight excluding hydrogens is 323 g/mol. The zero-order valence-corrected chi connectivity index (χ0v) is 13.8. The van der Waals surface area contributed by atoms with Crippen molar-refractivity contribution in [3.63, 3.8) is 0 Å². The summed E-state index contributed by atoms with van der Waals surface area (Å²) >= 11 is 0. The van der Waals surface area contributed by atoms with Crippen molar-refractivity contribution in [3.05, 3.63) is 75.8 Å². The molecule has 1 aromatic heterocycles. The number of carbonyl (C=O) groups is 1. The highest BCUT2D eigenvalue weighted by Crippen LogP contribution is 2.22. The molecule has 0 aliphatic heterocycles. The fraction of sp³-hybridized carbons (Fsp3) is 0.158. The van der Waals surface area contributed by atoms with Gasteiger partial charge in [-0.2, -0.15) is 0 Å². The highest BCUT2D eigenvalue weighted by molar-refractivity contribution is 6.06. The van der Waals surface area contributed by atoms with Gasteiger partial charge in [-0.1, -0.05) is 24.3 Å². The third-order valence-electron chi connectivity index (χ3n) is 4.02. The average molecular weight is 340 g/mol. The van der Waals surface area contributed by atoms with E-state index < -0.39 is 17.8 Å². The molecule has 2 aromatic carbocycles. The first-order chi connectivity index (χ1) is 12.0. The van der Waals surface area contributed by atoms with E-state index in [2.05, 4.69) is 10.3 Å². The lowest BCUT2D eigenvalue weighted by atomic mass is 10.1. The van der Waals surface area contributed by atoms with Crippen molar-refractivity contribution in [1.29, 1.82) is 0 Å². The lowest BCUT2D eigenvalue weighted by Gasteiger charge is -2.16. The number of nitrogens with one attached hydrogen (secondary N) is 2. The van der Waals surface area contributed by atoms with Crippen LogP contribution in [0.3, 0.4) is 0 Å². The molecule has 0 saturated heterocycles. The van der Waals surface area contributed by atoms with E-state index in [0.29, 0.717) is 16.5 Å². The molecule has 0 saturated carbocycles. The number of fused-ring (bicyclic) bond motifs is 1. The molecule has 128 valence electrons. The minimum absolute atomic E-state index is 0.142. The summed E-state index contributed by atoms with van der Waals surface area (Å²) in [4.78, 5) is 27.1. The van der Waals surface area contributed by atoms with E-state index in [4.69, 9.17) is 4.74 Å². The quantitative estimate of drug-likeness (QED) is 0.766. The van der Waals surface area contributed by atoms with Crippen molar-refractivity contribution in [2.24, 2.45) is 0 Å². The highest BCUT2D eigenvalue weighted by Gasteiger charge is 2.16. The molecule has 1 amide bonds. The van der Waals surface area contributed by atoms with Crippen LogP contribution in [0, 0.1) is 5.82 Å². The summed E-state index contributed by atoms with van der Waals surface area (Å²) in [5, 5.41) is 3.44. The number of methoxy groups -OCH3 is 1. The molecule has 3 aromatic rings. The number of hydrogen-bond donors (Lipinski definition) is 2. The smallest absolute Gasteiger partial charge is 0.252 e. The van der Waals surface area contributed by atoms with Gasteiger partial charge >= 0.3 is 0 Å². The number of ether oxygens (including phenoxy) is 1. The lowest BCUT2D eigenvalue weighted by molar-refractivity contribution is 0.0941. The summed E-state index contributed by atoms with van der Waals surface area (Å²) in [7, 11) is 1.39. The number of carbonyl (C=O) groups excluding carboxylic acids is 1. The van der Waals surface area contributed by atoms with E-state index in [0.717, 1.165) is 0 Å². The monoisotopic (exact) mass is 340 g/mol. The van der Waals surface area contributed by atoms with Crippen molar-refractivity contribution >= 4 is 16.8 Å². The van der Waals surface area contributed by atoms with E-state index in [-0.39, 0.29) is 16.9 Å². The topological polar surface area (TPSA) is 71.2 Å². The van der Waals surface area contributed by atoms with Crippen LogP contribution in [-0.4, -0.2) is 18.0 Å². The Morgan fingerprint density at radius 3 is 2.68 bits per heavy atom. The first-order valence-electron chi connectivity index (χ1n) is 7.76. The van der Waals surface area contributed by atoms with Crippen LogP contribution in [0.15, 0.2) is 53.3 Å². The van der Waals surface area contributed by atoms with Gasteiger partial charge in [0.15, 0.2) is 11.6 Å². The number of halogens is 1. The van der Waals surface area contributed by atoms with Gasteiger partial charge in [0.2, 0.25) is 5.56 Å². The summed E-state index contributed by atoms with van der Waals surface area (Å²) in [6, 6.07) is 12.4. The molecule has 0 bridgehead atoms. The molecule has 0 spiro atoms. The third-order valence-corrected chi connectivity index (χ3v) is 4.02. The highest BCUT2D eigenvalue weighted by atomic mass is 19.1. The molecule has 6 heteroatoms. The van der Waals surface area contributed by atoms with E-state index in [1.165, 1.54) is 25.3 Å². The Morgan fingerprint density at radius 1 is 1.20 bits per heavy atom. The van der Waals surface area contributed by atoms with Crippen molar-refractivity contribution < 1.29 is 13.9 Å². The van der Waals surface area contributed by atoms with Crippen LogP contribution in [0.2, 0.25) is 0 Å². The molecule has 0 aliphatic carbocycles. The minimum Gasteiger partial charge on any atom is -0.494 e. The summed E-state index contributed by atoms with van der Waals surface area (Å²) in [5.41, 5.74) is 1.11. The maximum Gasteiger partial charge on any atom is 0.252 e. The normalized spacial score (nSPS) is 12.0. The van der Waals surface area contributed by atoms with Crippen molar-refractivity contribution in [2.75, 3.05) is 7.11 Å². The van der Waals surface area contributed by atoms with Crippen LogP contribution in [-0.2, 0) is 0 Å². The number of rotatable bonds is 4. The number of H-pyrrole nitrogens is 1. The summed E-state index contributed by atoms with van der Waals surface area (Å²) in [6.45, 7) is 1.74. The number of aromatic amines is 1. The molecule has 3 rings (SSSR count). The number of para-hydroxylation sites is 1. The van der Waals surface area contributed by atoms with Crippen molar-refractivity contribution in [1.82, 2.24) is 10.3 Å². The summed E-state index contributed by atoms with van der Waals surface area (Å²) < 4.78 is 18.7. The van der Waals surface area contributed by atoms with Crippen LogP contribution < -0.4 is 15.6 Å². The van der Waals surface area contributed by atoms with Gasteiger partial charge in [0, 0.05) is 17.0 Å². The zero-order chi connectivity index (χ0) is 18.0. The van der Waals surface area contributed by atoms with Crippen LogP contribution in [0.25, 0.3) is 10.9 Å². The van der Waals surface area contributed by atoms with Crippen LogP contribution in [0.1, 0.15) is 28.9 Å². The number of benzene rings is 2. The summed E-state index contributed by atoms with van der Waals surface area (Å²) in [5.74, 6) is -0.753. The van der Waals surface area contributed by atoms with E-state index in [9.17, 15) is 14.0 Å². The van der Waals surface area contributed by atoms with Gasteiger partial charge in [-0.25, -0.2) is 4.39 Å². The van der Waals surface area contributed by atoms with Gasteiger partial charge in [0.25, 0.3) is 5.91 Å². The lowest BCUT2D eigenvalue weighted by Crippen LogP contribution is -2.28. The van der Waals surface area contributed by atoms with E-state index in [1.54, 1.807) is 37.3 Å². The van der Waals surface area contributed by atoms with Crippen molar-refractivity contribution in [2.45, 2.75) is 13.0 Å². The van der Waals surface area contributed by atoms with Gasteiger partial charge in [-0.3, -0.25) is 9.59 Å². The Bertz CT molecular complexity index is 997. The molecule has 5 nitrogen and oxygen atoms in total. The molecule has 2 N–H and O–H groups in total. The SMILES string of the molecule is COc1ccc([C@H](C)NC(=O)c2cc(=O)[nH]c3ccccc23)cc1F. The molecular formula is C19H17FN2O3. The maximum absolute atomic E-state index is 13.8. The third kappa shape index (κ3) is 3.38. The van der Waals surface area contributed by atoms with E-state index in [1.807, 2.05) is 0 Å². The van der Waals surface area contributed by atoms with Crippen LogP contribution in [0.4, 0.5) is 4.39 Å². The van der Waals surface area contributed by atoms with E-state index >= 15 is 0 Å². The Balaban J connectivity index is 1.90. The molecule has 25 heavy (non-hydrogen) atoms. The molecule has 0 radical (unpaired) electrons. The fourth-order valence-corrected chi connectivity index (χ4v) is 2.70. The molecule has 1 atom stereocenters. The minimum atomic E-state index is -0.497. The number of aromatic nitrogens is 1. The molecule has 1 heterocycles. The van der Waals surface area contributed by atoms with Crippen LogP contribution in [0.5, 0.6) is 5.75 Å².